The van der Waals surface area contributed by atoms with Crippen LogP contribution in [0.15, 0.2) is 24.3 Å². The number of carbonyl (C=O) groups is 1. The van der Waals surface area contributed by atoms with Crippen molar-refractivity contribution in [1.29, 1.82) is 0 Å². The van der Waals surface area contributed by atoms with Crippen molar-refractivity contribution in [1.82, 2.24) is 5.32 Å². The van der Waals surface area contributed by atoms with Crippen LogP contribution >= 0.6 is 0 Å². The first-order valence-electron chi connectivity index (χ1n) is 6.77. The first-order valence-corrected chi connectivity index (χ1v) is 6.77. The summed E-state index contributed by atoms with van der Waals surface area (Å²) in [4.78, 5) is 10.9. The summed E-state index contributed by atoms with van der Waals surface area (Å²) in [6.07, 6.45) is -0.574. The second-order valence-electron chi connectivity index (χ2n) is 5.16. The number of benzene rings is 1. The van der Waals surface area contributed by atoms with Crippen LogP contribution in [0.1, 0.15) is 32.3 Å². The van der Waals surface area contributed by atoms with E-state index >= 15 is 0 Å². The van der Waals surface area contributed by atoms with Gasteiger partial charge in [-0.1, -0.05) is 26.0 Å². The van der Waals surface area contributed by atoms with Crippen molar-refractivity contribution in [3.63, 3.8) is 0 Å². The molecule has 5 heteroatoms. The van der Waals surface area contributed by atoms with Crippen molar-refractivity contribution in [2.24, 2.45) is 0 Å². The minimum atomic E-state index is -0.853. The van der Waals surface area contributed by atoms with E-state index in [2.05, 4.69) is 5.32 Å². The van der Waals surface area contributed by atoms with E-state index in [1.165, 1.54) is 0 Å². The Kier molecular flexibility index (Phi) is 6.48. The Balaban J connectivity index is 2.44. The fraction of sp³-hybridized carbons (Fsp3) is 0.533. The lowest BCUT2D eigenvalue weighted by Crippen LogP contribution is -2.35. The van der Waals surface area contributed by atoms with Crippen molar-refractivity contribution in [2.75, 3.05) is 13.2 Å². The van der Waals surface area contributed by atoms with E-state index in [9.17, 15) is 9.90 Å². The van der Waals surface area contributed by atoms with E-state index in [4.69, 9.17) is 9.84 Å². The van der Waals surface area contributed by atoms with E-state index in [0.717, 1.165) is 5.56 Å². The minimum Gasteiger partial charge on any atom is -0.491 e. The van der Waals surface area contributed by atoms with Crippen LogP contribution in [0, 0.1) is 0 Å². The second kappa shape index (κ2) is 7.87. The molecule has 0 aliphatic carbocycles. The molecule has 0 spiro atoms. The Hall–Kier alpha value is -1.59. The average Bonchev–Trinajstić information content (AvgIpc) is 2.42. The number of hydrogen-bond acceptors (Lipinski definition) is 4. The van der Waals surface area contributed by atoms with Gasteiger partial charge in [-0.25, -0.2) is 0 Å². The average molecular weight is 281 g/mol. The van der Waals surface area contributed by atoms with Crippen molar-refractivity contribution < 1.29 is 19.7 Å². The van der Waals surface area contributed by atoms with Gasteiger partial charge in [0.15, 0.2) is 0 Å². The molecular weight excluding hydrogens is 258 g/mol. The van der Waals surface area contributed by atoms with E-state index in [-0.39, 0.29) is 6.61 Å². The van der Waals surface area contributed by atoms with Gasteiger partial charge in [-0.05, 0) is 24.6 Å². The Morgan fingerprint density at radius 3 is 2.35 bits per heavy atom. The molecule has 1 aromatic rings. The van der Waals surface area contributed by atoms with Crippen LogP contribution in [0.2, 0.25) is 0 Å². The van der Waals surface area contributed by atoms with Crippen LogP contribution in [0.25, 0.3) is 0 Å². The summed E-state index contributed by atoms with van der Waals surface area (Å²) in [5.41, 5.74) is 0.729. The highest BCUT2D eigenvalue weighted by molar-refractivity contribution is 5.75. The molecule has 0 aliphatic heterocycles. The summed E-state index contributed by atoms with van der Waals surface area (Å²) in [6.45, 7) is 6.34. The van der Waals surface area contributed by atoms with Gasteiger partial charge >= 0.3 is 5.97 Å². The molecule has 3 N–H and O–H groups in total. The van der Waals surface area contributed by atoms with E-state index in [0.29, 0.717) is 18.3 Å². The fourth-order valence-electron chi connectivity index (χ4n) is 1.62. The monoisotopic (exact) mass is 281 g/mol. The molecule has 0 saturated heterocycles. The molecule has 0 radical (unpaired) electrons. The number of ether oxygens (including phenoxy) is 1. The molecule has 1 unspecified atom stereocenters. The predicted octanol–water partition coefficient (Wildman–Crippen LogP) is 1.61. The number of aliphatic hydroxyl groups excluding tert-OH is 1. The number of aliphatic carboxylic acids is 1. The molecule has 20 heavy (non-hydrogen) atoms. The third-order valence-corrected chi connectivity index (χ3v) is 2.95. The molecule has 0 fully saturated rings. The van der Waals surface area contributed by atoms with Crippen molar-refractivity contribution in [3.8, 4) is 5.75 Å². The van der Waals surface area contributed by atoms with Crippen LogP contribution in [0.3, 0.4) is 0 Å². The molecular formula is C15H23NO4. The van der Waals surface area contributed by atoms with E-state index < -0.39 is 18.0 Å². The first-order chi connectivity index (χ1) is 9.40. The van der Waals surface area contributed by atoms with Gasteiger partial charge in [-0.15, -0.1) is 0 Å². The number of aliphatic hydroxyl groups is 1. The summed E-state index contributed by atoms with van der Waals surface area (Å²) >= 11 is 0. The van der Waals surface area contributed by atoms with Crippen molar-refractivity contribution >= 4 is 5.97 Å². The second-order valence-corrected chi connectivity index (χ2v) is 5.16. The third-order valence-electron chi connectivity index (χ3n) is 2.95. The zero-order valence-corrected chi connectivity index (χ0v) is 12.2. The molecule has 1 rings (SSSR count). The highest BCUT2D eigenvalue weighted by Gasteiger charge is 2.13. The zero-order chi connectivity index (χ0) is 15.1. The first kappa shape index (κ1) is 16.5. The Labute approximate surface area is 119 Å². The van der Waals surface area contributed by atoms with Gasteiger partial charge in [0, 0.05) is 12.6 Å². The number of carboxylic acids is 1. The maximum Gasteiger partial charge on any atom is 0.310 e. The van der Waals surface area contributed by atoms with Crippen LogP contribution in [0.5, 0.6) is 5.75 Å². The molecule has 0 saturated carbocycles. The summed E-state index contributed by atoms with van der Waals surface area (Å²) in [5.74, 6) is -0.770. The summed E-state index contributed by atoms with van der Waals surface area (Å²) in [6, 6.07) is 7.22. The third kappa shape index (κ3) is 5.59. The zero-order valence-electron chi connectivity index (χ0n) is 12.2. The van der Waals surface area contributed by atoms with Gasteiger partial charge in [0.25, 0.3) is 0 Å². The molecule has 0 heterocycles. The summed E-state index contributed by atoms with van der Waals surface area (Å²) in [5, 5.41) is 21.7. The van der Waals surface area contributed by atoms with Gasteiger partial charge in [-0.3, -0.25) is 4.79 Å². The molecule has 0 aliphatic rings. The lowest BCUT2D eigenvalue weighted by molar-refractivity contribution is -0.138. The molecule has 0 amide bonds. The van der Waals surface area contributed by atoms with Gasteiger partial charge in [0.05, 0.1) is 5.92 Å². The quantitative estimate of drug-likeness (QED) is 0.674. The number of nitrogens with one attached hydrogen (secondary N) is 1. The molecule has 5 nitrogen and oxygen atoms in total. The summed E-state index contributed by atoms with van der Waals surface area (Å²) < 4.78 is 5.46. The standard InChI is InChI=1S/C15H23NO4/c1-10(2)16-8-13(17)9-20-14-6-4-12(5-7-14)11(3)15(18)19/h4-7,10-11,13,16-17H,8-9H2,1-3H3,(H,18,19)/t11?,13-/m0/s1. The van der Waals surface area contributed by atoms with Crippen molar-refractivity contribution in [2.45, 2.75) is 38.8 Å². The lowest BCUT2D eigenvalue weighted by atomic mass is 10.0. The molecule has 0 aromatic heterocycles. The topological polar surface area (TPSA) is 78.8 Å². The van der Waals surface area contributed by atoms with Gasteiger partial charge < -0.3 is 20.3 Å². The number of carboxylic acid groups (broad SMARTS) is 1. The normalized spacial score (nSPS) is 14.1. The van der Waals surface area contributed by atoms with Crippen LogP contribution < -0.4 is 10.1 Å². The minimum absolute atomic E-state index is 0.202. The smallest absolute Gasteiger partial charge is 0.310 e. The Bertz CT molecular complexity index is 416. The fourth-order valence-corrected chi connectivity index (χ4v) is 1.62. The Morgan fingerprint density at radius 2 is 1.85 bits per heavy atom. The predicted molar refractivity (Wildman–Crippen MR) is 77.1 cm³/mol. The molecule has 112 valence electrons. The van der Waals surface area contributed by atoms with Gasteiger partial charge in [0.1, 0.15) is 18.5 Å². The maximum absolute atomic E-state index is 10.9. The largest absolute Gasteiger partial charge is 0.491 e. The van der Waals surface area contributed by atoms with Gasteiger partial charge in [0.2, 0.25) is 0 Å². The Morgan fingerprint density at radius 1 is 1.25 bits per heavy atom. The maximum atomic E-state index is 10.9. The summed E-state index contributed by atoms with van der Waals surface area (Å²) in [7, 11) is 0. The van der Waals surface area contributed by atoms with E-state index in [1.54, 1.807) is 31.2 Å². The number of hydrogen-bond donors (Lipinski definition) is 3. The van der Waals surface area contributed by atoms with E-state index in [1.807, 2.05) is 13.8 Å². The van der Waals surface area contributed by atoms with Gasteiger partial charge in [-0.2, -0.15) is 0 Å². The highest BCUT2D eigenvalue weighted by Crippen LogP contribution is 2.19. The van der Waals surface area contributed by atoms with Crippen LogP contribution in [-0.4, -0.2) is 41.5 Å². The molecule has 2 atom stereocenters. The van der Waals surface area contributed by atoms with Crippen LogP contribution in [-0.2, 0) is 4.79 Å². The lowest BCUT2D eigenvalue weighted by Gasteiger charge is -2.15. The SMILES string of the molecule is CC(C)NC[C@H](O)COc1ccc(C(C)C(=O)O)cc1. The number of rotatable bonds is 8. The van der Waals surface area contributed by atoms with Crippen molar-refractivity contribution in [3.05, 3.63) is 29.8 Å². The molecule has 1 aromatic carbocycles. The molecule has 0 bridgehead atoms. The van der Waals surface area contributed by atoms with Crippen LogP contribution in [0.4, 0.5) is 0 Å². The highest BCUT2D eigenvalue weighted by atomic mass is 16.5.